The van der Waals surface area contributed by atoms with E-state index in [2.05, 4.69) is 10.6 Å². The number of piperidine rings is 1. The molecule has 1 aliphatic rings. The fraction of sp³-hybridized carbons (Fsp3) is 0.588. The molecule has 6 nitrogen and oxygen atoms in total. The third-order valence-corrected chi connectivity index (χ3v) is 7.24. The maximum Gasteiger partial charge on any atom is 0.241 e. The quantitative estimate of drug-likeness (QED) is 0.679. The molecule has 1 aromatic carbocycles. The maximum atomic E-state index is 12.8. The number of benzene rings is 1. The maximum absolute atomic E-state index is 12.8. The molecule has 1 atom stereocenters. The fourth-order valence-electron chi connectivity index (χ4n) is 3.26. The van der Waals surface area contributed by atoms with Gasteiger partial charge in [-0.2, -0.15) is 0 Å². The molecule has 27 heavy (non-hydrogen) atoms. The minimum atomic E-state index is -3.52. The lowest BCUT2D eigenvalue weighted by Crippen LogP contribution is -2.58. The first-order valence-corrected chi connectivity index (χ1v) is 10.6. The van der Waals surface area contributed by atoms with Crippen molar-refractivity contribution >= 4 is 52.2 Å². The molecule has 0 aliphatic carbocycles. The Morgan fingerprint density at radius 1 is 1.26 bits per heavy atom. The van der Waals surface area contributed by atoms with Crippen LogP contribution >= 0.6 is 36.4 Å². The number of likely N-dealkylation sites (N-methyl/N-ethyl adjacent to an activating group) is 1. The number of carbonyl (C=O) groups is 1. The molecule has 2 N–H and O–H groups in total. The van der Waals surface area contributed by atoms with Gasteiger partial charge in [0.1, 0.15) is 0 Å². The third-order valence-electron chi connectivity index (χ3n) is 4.88. The van der Waals surface area contributed by atoms with E-state index >= 15 is 0 Å². The molecule has 0 bridgehead atoms. The van der Waals surface area contributed by atoms with Gasteiger partial charge in [0.15, 0.2) is 14.6 Å². The predicted octanol–water partition coefficient (Wildman–Crippen LogP) is 2.07. The van der Waals surface area contributed by atoms with Crippen molar-refractivity contribution in [1.29, 1.82) is 0 Å². The predicted molar refractivity (Wildman–Crippen MR) is 115 cm³/mol. The molecule has 0 aromatic heterocycles. The van der Waals surface area contributed by atoms with Crippen molar-refractivity contribution in [2.24, 2.45) is 0 Å². The standard InChI is InChI=1S/C17H26ClN3O3S.2ClH/c1-21(2)15(13-6-4-5-7-14(13)18)12-20-16(22)17(25(3,23)24)8-10-19-11-9-17;;/h4-7,15,19H,8-12H2,1-3H3,(H,20,22);2*1H. The van der Waals surface area contributed by atoms with Crippen LogP contribution < -0.4 is 10.6 Å². The van der Waals surface area contributed by atoms with Crippen LogP contribution in [0.15, 0.2) is 24.3 Å². The molecular formula is C17H28Cl3N3O3S. The van der Waals surface area contributed by atoms with Gasteiger partial charge in [-0.15, -0.1) is 24.8 Å². The highest BCUT2D eigenvalue weighted by atomic mass is 35.5. The Labute approximate surface area is 179 Å². The summed E-state index contributed by atoms with van der Waals surface area (Å²) in [6.45, 7) is 1.32. The number of halogens is 3. The topological polar surface area (TPSA) is 78.5 Å². The van der Waals surface area contributed by atoms with Gasteiger partial charge in [-0.3, -0.25) is 4.79 Å². The molecule has 156 valence electrons. The molecule has 1 aromatic rings. The summed E-state index contributed by atoms with van der Waals surface area (Å²) in [4.78, 5) is 14.8. The molecule has 0 saturated carbocycles. The molecule has 1 amide bonds. The van der Waals surface area contributed by atoms with E-state index in [-0.39, 0.29) is 43.7 Å². The van der Waals surface area contributed by atoms with Crippen molar-refractivity contribution < 1.29 is 13.2 Å². The van der Waals surface area contributed by atoms with E-state index in [4.69, 9.17) is 11.6 Å². The average Bonchev–Trinajstić information content (AvgIpc) is 2.55. The van der Waals surface area contributed by atoms with Crippen LogP contribution in [0, 0.1) is 0 Å². The highest BCUT2D eigenvalue weighted by Crippen LogP contribution is 2.29. The number of hydrogen-bond acceptors (Lipinski definition) is 5. The summed E-state index contributed by atoms with van der Waals surface area (Å²) in [5, 5.41) is 6.59. The van der Waals surface area contributed by atoms with Gasteiger partial charge in [-0.25, -0.2) is 8.42 Å². The summed E-state index contributed by atoms with van der Waals surface area (Å²) in [5.41, 5.74) is 0.896. The van der Waals surface area contributed by atoms with Gasteiger partial charge in [0.05, 0.1) is 6.04 Å². The van der Waals surface area contributed by atoms with Gasteiger partial charge < -0.3 is 15.5 Å². The Morgan fingerprint density at radius 2 is 1.81 bits per heavy atom. The van der Waals surface area contributed by atoms with Crippen LogP contribution in [0.1, 0.15) is 24.4 Å². The Morgan fingerprint density at radius 3 is 2.30 bits per heavy atom. The SMILES string of the molecule is CN(C)C(CNC(=O)C1(S(C)(=O)=O)CCNCC1)c1ccccc1Cl.Cl.Cl. The van der Waals surface area contributed by atoms with Crippen molar-refractivity contribution in [3.8, 4) is 0 Å². The van der Waals surface area contributed by atoms with E-state index < -0.39 is 20.5 Å². The first kappa shape index (κ1) is 26.4. The second-order valence-electron chi connectivity index (χ2n) is 6.73. The second kappa shape index (κ2) is 10.8. The summed E-state index contributed by atoms with van der Waals surface area (Å²) in [6, 6.07) is 7.32. The number of sulfone groups is 1. The third kappa shape index (κ3) is 5.95. The Bertz CT molecular complexity index is 723. The molecule has 0 radical (unpaired) electrons. The normalized spacial score (nSPS) is 17.4. The van der Waals surface area contributed by atoms with Crippen molar-refractivity contribution in [2.75, 3.05) is 40.0 Å². The zero-order chi connectivity index (χ0) is 18.7. The number of nitrogens with zero attached hydrogens (tertiary/aromatic N) is 1. The van der Waals surface area contributed by atoms with Gasteiger partial charge in [-0.1, -0.05) is 29.8 Å². The van der Waals surface area contributed by atoms with Gasteiger partial charge in [0.2, 0.25) is 5.91 Å². The molecule has 1 heterocycles. The largest absolute Gasteiger partial charge is 0.353 e. The van der Waals surface area contributed by atoms with Crippen molar-refractivity contribution in [3.63, 3.8) is 0 Å². The molecule has 1 fully saturated rings. The second-order valence-corrected chi connectivity index (χ2v) is 9.46. The number of hydrogen-bond donors (Lipinski definition) is 2. The zero-order valence-corrected chi connectivity index (χ0v) is 18.9. The number of rotatable bonds is 6. The Balaban J connectivity index is 0.00000338. The van der Waals surface area contributed by atoms with Gasteiger partial charge in [-0.05, 0) is 51.7 Å². The first-order valence-electron chi connectivity index (χ1n) is 8.28. The molecule has 1 saturated heterocycles. The number of carbonyl (C=O) groups excluding carboxylic acids is 1. The van der Waals surface area contributed by atoms with Crippen LogP contribution in [-0.2, 0) is 14.6 Å². The van der Waals surface area contributed by atoms with Crippen LogP contribution in [0.2, 0.25) is 5.02 Å². The molecule has 1 aliphatic heterocycles. The number of amides is 1. The fourth-order valence-corrected chi connectivity index (χ4v) is 4.88. The first-order chi connectivity index (χ1) is 11.7. The molecular weight excluding hydrogens is 433 g/mol. The van der Waals surface area contributed by atoms with Crippen LogP contribution in [0.5, 0.6) is 0 Å². The average molecular weight is 461 g/mol. The Kier molecular flexibility index (Phi) is 10.6. The van der Waals surface area contributed by atoms with Crippen LogP contribution in [0.25, 0.3) is 0 Å². The van der Waals surface area contributed by atoms with E-state index in [0.717, 1.165) is 11.8 Å². The molecule has 2 rings (SSSR count). The lowest BCUT2D eigenvalue weighted by atomic mass is 9.95. The zero-order valence-electron chi connectivity index (χ0n) is 15.7. The summed E-state index contributed by atoms with van der Waals surface area (Å²) in [6.07, 6.45) is 1.72. The highest BCUT2D eigenvalue weighted by molar-refractivity contribution is 7.92. The van der Waals surface area contributed by atoms with Crippen molar-refractivity contribution in [2.45, 2.75) is 23.6 Å². The van der Waals surface area contributed by atoms with E-state index in [1.54, 1.807) is 6.07 Å². The monoisotopic (exact) mass is 459 g/mol. The molecule has 1 unspecified atom stereocenters. The van der Waals surface area contributed by atoms with Gasteiger partial charge >= 0.3 is 0 Å². The molecule has 10 heteroatoms. The lowest BCUT2D eigenvalue weighted by Gasteiger charge is -2.35. The summed E-state index contributed by atoms with van der Waals surface area (Å²) in [5.74, 6) is -0.421. The van der Waals surface area contributed by atoms with E-state index in [9.17, 15) is 13.2 Å². The smallest absolute Gasteiger partial charge is 0.241 e. The van der Waals surface area contributed by atoms with Crippen LogP contribution in [0.4, 0.5) is 0 Å². The number of nitrogens with one attached hydrogen (secondary N) is 2. The van der Waals surface area contributed by atoms with Crippen LogP contribution in [0.3, 0.4) is 0 Å². The summed E-state index contributed by atoms with van der Waals surface area (Å²) >= 11 is 6.28. The van der Waals surface area contributed by atoms with E-state index in [0.29, 0.717) is 24.7 Å². The van der Waals surface area contributed by atoms with Crippen LogP contribution in [-0.4, -0.2) is 64.0 Å². The lowest BCUT2D eigenvalue weighted by molar-refractivity contribution is -0.124. The summed E-state index contributed by atoms with van der Waals surface area (Å²) < 4.78 is 23.3. The van der Waals surface area contributed by atoms with Gasteiger partial charge in [0.25, 0.3) is 0 Å². The minimum Gasteiger partial charge on any atom is -0.353 e. The highest BCUT2D eigenvalue weighted by Gasteiger charge is 2.48. The van der Waals surface area contributed by atoms with E-state index in [1.165, 1.54) is 0 Å². The van der Waals surface area contributed by atoms with E-state index in [1.807, 2.05) is 37.2 Å². The minimum absolute atomic E-state index is 0. The Hall–Kier alpha value is -0.570. The van der Waals surface area contributed by atoms with Crippen molar-refractivity contribution in [1.82, 2.24) is 15.5 Å². The van der Waals surface area contributed by atoms with Gasteiger partial charge in [0, 0.05) is 17.8 Å². The summed E-state index contributed by atoms with van der Waals surface area (Å²) in [7, 11) is 0.280. The van der Waals surface area contributed by atoms with Crippen molar-refractivity contribution in [3.05, 3.63) is 34.9 Å². The molecule has 0 spiro atoms.